The van der Waals surface area contributed by atoms with Crippen LogP contribution in [0.2, 0.25) is 0 Å². The van der Waals surface area contributed by atoms with Crippen LogP contribution in [-0.4, -0.2) is 20.5 Å². The van der Waals surface area contributed by atoms with Crippen molar-refractivity contribution in [2.24, 2.45) is 5.10 Å². The number of nitro benzene ring substituents is 3. The van der Waals surface area contributed by atoms with E-state index in [0.717, 1.165) is 17.0 Å². The normalized spacial score (nSPS) is 11.4. The number of hydrogen-bond acceptors (Lipinski definition) is 9. The summed E-state index contributed by atoms with van der Waals surface area (Å²) in [6.45, 7) is 0. The fraction of sp³-hybridized carbons (Fsp3) is 0. The van der Waals surface area contributed by atoms with Crippen LogP contribution in [0, 0.1) is 30.3 Å². The van der Waals surface area contributed by atoms with Crippen LogP contribution < -0.4 is 5.43 Å². The Morgan fingerprint density at radius 2 is 1.58 bits per heavy atom. The van der Waals surface area contributed by atoms with Gasteiger partial charge in [-0.1, -0.05) is 12.1 Å². The van der Waals surface area contributed by atoms with Gasteiger partial charge in [0.25, 0.3) is 11.4 Å². The van der Waals surface area contributed by atoms with Gasteiger partial charge in [0.15, 0.2) is 0 Å². The molecule has 1 heterocycles. The van der Waals surface area contributed by atoms with Crippen molar-refractivity contribution in [2.75, 3.05) is 5.43 Å². The summed E-state index contributed by atoms with van der Waals surface area (Å²) in [4.78, 5) is 31.7. The molecule has 0 saturated heterocycles. The first-order valence-electron chi connectivity index (χ1n) is 8.58. The van der Waals surface area contributed by atoms with Gasteiger partial charge in [-0.25, -0.2) is 0 Å². The largest absolute Gasteiger partial charge is 0.301 e. The summed E-state index contributed by atoms with van der Waals surface area (Å²) in [6, 6.07) is 12.7. The molecule has 0 bridgehead atoms. The zero-order valence-corrected chi connectivity index (χ0v) is 16.4. The number of thiophene rings is 1. The Morgan fingerprint density at radius 3 is 2.16 bits per heavy atom. The van der Waals surface area contributed by atoms with Crippen LogP contribution in [0.15, 0.2) is 71.2 Å². The van der Waals surface area contributed by atoms with Gasteiger partial charge >= 0.3 is 5.69 Å². The third kappa shape index (κ3) is 5.33. The summed E-state index contributed by atoms with van der Waals surface area (Å²) >= 11 is 1.39. The first kappa shape index (κ1) is 21.3. The quantitative estimate of drug-likeness (QED) is 0.294. The van der Waals surface area contributed by atoms with Gasteiger partial charge < -0.3 is 0 Å². The molecule has 31 heavy (non-hydrogen) atoms. The lowest BCUT2D eigenvalue weighted by Gasteiger charge is -2.04. The van der Waals surface area contributed by atoms with Crippen molar-refractivity contribution < 1.29 is 14.8 Å². The average molecular weight is 439 g/mol. The molecule has 0 atom stereocenters. The summed E-state index contributed by atoms with van der Waals surface area (Å²) < 4.78 is 0. The third-order valence-corrected chi connectivity index (χ3v) is 4.89. The molecule has 0 saturated carbocycles. The topological polar surface area (TPSA) is 154 Å². The highest BCUT2D eigenvalue weighted by Crippen LogP contribution is 2.29. The van der Waals surface area contributed by atoms with Crippen molar-refractivity contribution in [3.05, 3.63) is 107 Å². The highest BCUT2D eigenvalue weighted by Gasteiger charge is 2.19. The van der Waals surface area contributed by atoms with Crippen LogP contribution in [0.1, 0.15) is 10.4 Å². The van der Waals surface area contributed by atoms with Crippen LogP contribution in [0.25, 0.3) is 6.08 Å². The molecular formula is C19H13N5O6S. The molecule has 0 aliphatic heterocycles. The molecular weight excluding hydrogens is 426 g/mol. The van der Waals surface area contributed by atoms with E-state index in [2.05, 4.69) is 10.5 Å². The Hall–Kier alpha value is -4.45. The number of nitrogens with zero attached hydrogens (tertiary/aromatic N) is 4. The number of rotatable bonds is 8. The van der Waals surface area contributed by atoms with E-state index in [1.807, 2.05) is 11.4 Å². The summed E-state index contributed by atoms with van der Waals surface area (Å²) in [6.07, 6.45) is 3.34. The first-order chi connectivity index (χ1) is 14.8. The van der Waals surface area contributed by atoms with Gasteiger partial charge in [0.1, 0.15) is 11.4 Å². The Balaban J connectivity index is 1.90. The highest BCUT2D eigenvalue weighted by atomic mass is 32.1. The van der Waals surface area contributed by atoms with Crippen molar-refractivity contribution in [1.29, 1.82) is 0 Å². The summed E-state index contributed by atoms with van der Waals surface area (Å²) in [5.74, 6) is 0. The molecule has 0 amide bonds. The van der Waals surface area contributed by atoms with Gasteiger partial charge in [0.2, 0.25) is 0 Å². The molecule has 0 fully saturated rings. The minimum absolute atomic E-state index is 0.00612. The van der Waals surface area contributed by atoms with Gasteiger partial charge in [0.05, 0.1) is 25.7 Å². The summed E-state index contributed by atoms with van der Waals surface area (Å²) in [5.41, 5.74) is 2.81. The second-order valence-electron chi connectivity index (χ2n) is 5.98. The summed E-state index contributed by atoms with van der Waals surface area (Å²) in [5, 5.41) is 39.0. The minimum Gasteiger partial charge on any atom is -0.271 e. The molecule has 0 spiro atoms. The number of hydrazone groups is 1. The van der Waals surface area contributed by atoms with E-state index in [1.165, 1.54) is 29.5 Å². The fourth-order valence-electron chi connectivity index (χ4n) is 2.48. The van der Waals surface area contributed by atoms with Crippen LogP contribution in [0.3, 0.4) is 0 Å². The van der Waals surface area contributed by atoms with E-state index in [9.17, 15) is 30.3 Å². The molecule has 1 N–H and O–H groups in total. The average Bonchev–Trinajstić information content (AvgIpc) is 3.28. The van der Waals surface area contributed by atoms with Crippen molar-refractivity contribution in [3.8, 4) is 0 Å². The number of non-ortho nitro benzene ring substituents is 2. The van der Waals surface area contributed by atoms with E-state index in [0.29, 0.717) is 11.3 Å². The van der Waals surface area contributed by atoms with Gasteiger partial charge in [-0.3, -0.25) is 35.8 Å². The SMILES string of the molecule is O=[N+]([O-])c1ccc(/C=C/C(=N\Nc2ccc([N+](=O)[O-])cc2[N+](=O)[O-])c2cccs2)cc1. The third-order valence-electron chi connectivity index (χ3n) is 4.00. The predicted octanol–water partition coefficient (Wildman–Crippen LogP) is 5.00. The maximum atomic E-state index is 11.3. The number of benzene rings is 2. The van der Waals surface area contributed by atoms with Crippen LogP contribution in [0.4, 0.5) is 22.7 Å². The number of nitro groups is 3. The standard InChI is InChI=1S/C19H13N5O6S/c25-22(26)14-6-3-13(4-7-14)5-9-17(19-2-1-11-31-19)21-20-16-10-8-15(23(27)28)12-18(16)24(29)30/h1-12,20H/b9-5+,21-17+. The molecule has 156 valence electrons. The Labute approximate surface area is 178 Å². The monoisotopic (exact) mass is 439 g/mol. The van der Waals surface area contributed by atoms with Crippen molar-refractivity contribution in [2.45, 2.75) is 0 Å². The lowest BCUT2D eigenvalue weighted by molar-refractivity contribution is -0.393. The maximum Gasteiger partial charge on any atom is 0.301 e. The van der Waals surface area contributed by atoms with Crippen molar-refractivity contribution in [3.63, 3.8) is 0 Å². The zero-order chi connectivity index (χ0) is 22.4. The van der Waals surface area contributed by atoms with E-state index < -0.39 is 26.1 Å². The fourth-order valence-corrected chi connectivity index (χ4v) is 3.18. The van der Waals surface area contributed by atoms with Crippen LogP contribution in [0.5, 0.6) is 0 Å². The molecule has 3 rings (SSSR count). The van der Waals surface area contributed by atoms with E-state index in [1.54, 1.807) is 30.4 Å². The second-order valence-corrected chi connectivity index (χ2v) is 6.93. The van der Waals surface area contributed by atoms with Crippen LogP contribution >= 0.6 is 11.3 Å². The molecule has 0 unspecified atom stereocenters. The van der Waals surface area contributed by atoms with Gasteiger partial charge in [0, 0.05) is 18.2 Å². The molecule has 0 radical (unpaired) electrons. The number of anilines is 1. The number of hydrogen-bond donors (Lipinski definition) is 1. The lowest BCUT2D eigenvalue weighted by atomic mass is 10.1. The van der Waals surface area contributed by atoms with E-state index in [-0.39, 0.29) is 11.4 Å². The Morgan fingerprint density at radius 1 is 0.903 bits per heavy atom. The molecule has 12 heteroatoms. The van der Waals surface area contributed by atoms with Crippen molar-refractivity contribution in [1.82, 2.24) is 0 Å². The first-order valence-corrected chi connectivity index (χ1v) is 9.46. The van der Waals surface area contributed by atoms with E-state index >= 15 is 0 Å². The highest BCUT2D eigenvalue weighted by molar-refractivity contribution is 7.12. The predicted molar refractivity (Wildman–Crippen MR) is 116 cm³/mol. The second kappa shape index (κ2) is 9.37. The maximum absolute atomic E-state index is 11.3. The molecule has 11 nitrogen and oxygen atoms in total. The number of nitrogens with one attached hydrogen (secondary N) is 1. The van der Waals surface area contributed by atoms with E-state index in [4.69, 9.17) is 0 Å². The molecule has 0 aliphatic carbocycles. The molecule has 2 aromatic carbocycles. The van der Waals surface area contributed by atoms with Gasteiger partial charge in [-0.15, -0.1) is 11.3 Å². The number of allylic oxidation sites excluding steroid dienone is 1. The van der Waals surface area contributed by atoms with Crippen molar-refractivity contribution >= 4 is 45.9 Å². The lowest BCUT2D eigenvalue weighted by Crippen LogP contribution is -2.02. The van der Waals surface area contributed by atoms with Gasteiger partial charge in [-0.2, -0.15) is 5.10 Å². The minimum atomic E-state index is -0.734. The van der Waals surface area contributed by atoms with Crippen LogP contribution in [-0.2, 0) is 0 Å². The zero-order valence-electron chi connectivity index (χ0n) is 15.6. The molecule has 1 aromatic heterocycles. The summed E-state index contributed by atoms with van der Waals surface area (Å²) in [7, 11) is 0. The Kier molecular flexibility index (Phi) is 6.42. The molecule has 3 aromatic rings. The smallest absolute Gasteiger partial charge is 0.271 e. The Bertz CT molecular complexity index is 1190. The van der Waals surface area contributed by atoms with Gasteiger partial charge in [-0.05, 0) is 41.3 Å². The molecule has 0 aliphatic rings.